The lowest BCUT2D eigenvalue weighted by Crippen LogP contribution is -2.45. The molecule has 0 aromatic rings. The van der Waals surface area contributed by atoms with E-state index >= 15 is 0 Å². The molecule has 0 aliphatic carbocycles. The fraction of sp³-hybridized carbons (Fsp3) is 0.900. The summed E-state index contributed by atoms with van der Waals surface area (Å²) in [4.78, 5) is 2.30. The van der Waals surface area contributed by atoms with E-state index in [9.17, 15) is 0 Å². The summed E-state index contributed by atoms with van der Waals surface area (Å²) in [5.74, 6) is 3.10. The van der Waals surface area contributed by atoms with Crippen LogP contribution < -0.4 is 0 Å². The van der Waals surface area contributed by atoms with E-state index in [2.05, 4.69) is 17.9 Å². The first kappa shape index (κ1) is 10.9. The number of hydrogen-bond donors (Lipinski definition) is 0. The smallest absolute Gasteiger partial charge is 0.103 e. The molecule has 1 atom stereocenters. The third-order valence-corrected chi connectivity index (χ3v) is 3.78. The van der Waals surface area contributed by atoms with E-state index in [0.29, 0.717) is 5.92 Å². The minimum absolute atomic E-state index is 0.292. The van der Waals surface area contributed by atoms with Crippen molar-refractivity contribution in [2.24, 2.45) is 5.92 Å². The summed E-state index contributed by atoms with van der Waals surface area (Å²) in [5, 5.41) is 9.03. The van der Waals surface area contributed by atoms with E-state index in [1.165, 1.54) is 5.75 Å². The quantitative estimate of drug-likeness (QED) is 0.644. The molecule has 1 unspecified atom stereocenters. The van der Waals surface area contributed by atoms with Crippen LogP contribution in [0.3, 0.4) is 0 Å². The Bertz CT molecular complexity index is 207. The van der Waals surface area contributed by atoms with Gasteiger partial charge >= 0.3 is 0 Å². The van der Waals surface area contributed by atoms with Crippen molar-refractivity contribution in [3.05, 3.63) is 0 Å². The van der Waals surface area contributed by atoms with E-state index in [1.807, 2.05) is 25.6 Å². The Hall–Kier alpha value is -0.200. The molecule has 1 aliphatic rings. The maximum Gasteiger partial charge on any atom is 0.103 e. The van der Waals surface area contributed by atoms with Gasteiger partial charge in [0.2, 0.25) is 0 Å². The lowest BCUT2D eigenvalue weighted by molar-refractivity contribution is 0.163. The topological polar surface area (TPSA) is 27.0 Å². The third kappa shape index (κ3) is 2.89. The molecule has 74 valence electrons. The van der Waals surface area contributed by atoms with Crippen LogP contribution in [0.4, 0.5) is 0 Å². The highest BCUT2D eigenvalue weighted by molar-refractivity contribution is 7.99. The van der Waals surface area contributed by atoms with Gasteiger partial charge in [-0.1, -0.05) is 6.92 Å². The molecule has 1 fully saturated rings. The van der Waals surface area contributed by atoms with Crippen molar-refractivity contribution >= 4 is 11.8 Å². The van der Waals surface area contributed by atoms with Crippen molar-refractivity contribution in [1.29, 1.82) is 5.26 Å². The molecule has 0 radical (unpaired) electrons. The molecule has 1 rings (SSSR count). The van der Waals surface area contributed by atoms with Crippen LogP contribution in [0.2, 0.25) is 0 Å². The van der Waals surface area contributed by atoms with Gasteiger partial charge in [-0.05, 0) is 25.5 Å². The summed E-state index contributed by atoms with van der Waals surface area (Å²) >= 11 is 2.00. The number of rotatable bonds is 1. The van der Waals surface area contributed by atoms with Crippen molar-refractivity contribution in [1.82, 2.24) is 4.90 Å². The second kappa shape index (κ2) is 4.34. The number of hydrogen-bond acceptors (Lipinski definition) is 3. The Kier molecular flexibility index (Phi) is 3.63. The van der Waals surface area contributed by atoms with Gasteiger partial charge in [-0.15, -0.1) is 0 Å². The molecular formula is C10H18N2S. The summed E-state index contributed by atoms with van der Waals surface area (Å²) in [7, 11) is 0. The zero-order valence-corrected chi connectivity index (χ0v) is 9.52. The fourth-order valence-corrected chi connectivity index (χ4v) is 2.58. The monoisotopic (exact) mass is 198 g/mol. The van der Waals surface area contributed by atoms with Crippen molar-refractivity contribution < 1.29 is 0 Å². The van der Waals surface area contributed by atoms with Gasteiger partial charge in [0.25, 0.3) is 0 Å². The van der Waals surface area contributed by atoms with Gasteiger partial charge in [-0.2, -0.15) is 17.0 Å². The molecule has 0 bridgehead atoms. The lowest BCUT2D eigenvalue weighted by atomic mass is 10.0. The van der Waals surface area contributed by atoms with Crippen LogP contribution in [0.5, 0.6) is 0 Å². The molecule has 0 saturated carbocycles. The van der Waals surface area contributed by atoms with Crippen LogP contribution in [0, 0.1) is 17.2 Å². The van der Waals surface area contributed by atoms with Gasteiger partial charge in [-0.3, -0.25) is 4.90 Å². The van der Waals surface area contributed by atoms with Crippen LogP contribution in [0.25, 0.3) is 0 Å². The summed E-state index contributed by atoms with van der Waals surface area (Å²) in [5.41, 5.74) is -0.292. The van der Waals surface area contributed by atoms with Crippen LogP contribution in [0.15, 0.2) is 0 Å². The van der Waals surface area contributed by atoms with Crippen LogP contribution >= 0.6 is 11.8 Å². The van der Waals surface area contributed by atoms with Gasteiger partial charge in [0.15, 0.2) is 0 Å². The van der Waals surface area contributed by atoms with E-state index < -0.39 is 0 Å². The normalized spacial score (nSPS) is 26.5. The first-order chi connectivity index (χ1) is 6.06. The Morgan fingerprint density at radius 2 is 2.23 bits per heavy atom. The van der Waals surface area contributed by atoms with Gasteiger partial charge in [0.05, 0.1) is 6.07 Å². The molecule has 0 amide bonds. The fourth-order valence-electron chi connectivity index (χ4n) is 1.56. The van der Waals surface area contributed by atoms with E-state index in [0.717, 1.165) is 18.8 Å². The number of nitrogens with zero attached hydrogens (tertiary/aromatic N) is 2. The van der Waals surface area contributed by atoms with E-state index in [1.54, 1.807) is 0 Å². The second-order valence-electron chi connectivity index (χ2n) is 4.30. The molecule has 1 saturated heterocycles. The Morgan fingerprint density at radius 1 is 1.54 bits per heavy atom. The molecule has 0 spiro atoms. The largest absolute Gasteiger partial charge is 0.285 e. The molecule has 1 heterocycles. The predicted molar refractivity (Wildman–Crippen MR) is 57.8 cm³/mol. The summed E-state index contributed by atoms with van der Waals surface area (Å²) < 4.78 is 0. The number of thioether (sulfide) groups is 1. The molecule has 13 heavy (non-hydrogen) atoms. The summed E-state index contributed by atoms with van der Waals surface area (Å²) in [6.07, 6.45) is 0. The highest BCUT2D eigenvalue weighted by Crippen LogP contribution is 2.21. The number of nitriles is 1. The molecule has 2 nitrogen and oxygen atoms in total. The minimum Gasteiger partial charge on any atom is -0.285 e. The van der Waals surface area contributed by atoms with Gasteiger partial charge in [0, 0.05) is 18.8 Å². The molecule has 0 aromatic heterocycles. The zero-order valence-electron chi connectivity index (χ0n) is 8.71. The van der Waals surface area contributed by atoms with Crippen molar-refractivity contribution in [2.45, 2.75) is 26.3 Å². The highest BCUT2D eigenvalue weighted by atomic mass is 32.2. The summed E-state index contributed by atoms with van der Waals surface area (Å²) in [6.45, 7) is 8.40. The van der Waals surface area contributed by atoms with Gasteiger partial charge in [0.1, 0.15) is 5.54 Å². The first-order valence-corrected chi connectivity index (χ1v) is 5.96. The SMILES string of the molecule is CC1CSCCN(C(C)(C)C#N)C1. The molecule has 3 heteroatoms. The Morgan fingerprint density at radius 3 is 2.85 bits per heavy atom. The van der Waals surface area contributed by atoms with Crippen LogP contribution in [-0.2, 0) is 0 Å². The van der Waals surface area contributed by atoms with Gasteiger partial charge in [-0.25, -0.2) is 0 Å². The Balaban J connectivity index is 2.63. The van der Waals surface area contributed by atoms with E-state index in [4.69, 9.17) is 5.26 Å². The summed E-state index contributed by atoms with van der Waals surface area (Å²) in [6, 6.07) is 2.38. The Labute approximate surface area is 85.3 Å². The highest BCUT2D eigenvalue weighted by Gasteiger charge is 2.28. The van der Waals surface area contributed by atoms with E-state index in [-0.39, 0.29) is 5.54 Å². The van der Waals surface area contributed by atoms with Crippen LogP contribution in [-0.4, -0.2) is 35.0 Å². The maximum atomic E-state index is 9.03. The van der Waals surface area contributed by atoms with Crippen molar-refractivity contribution in [2.75, 3.05) is 24.6 Å². The zero-order chi connectivity index (χ0) is 9.90. The van der Waals surface area contributed by atoms with Crippen molar-refractivity contribution in [3.8, 4) is 6.07 Å². The third-order valence-electron chi connectivity index (χ3n) is 2.50. The second-order valence-corrected chi connectivity index (χ2v) is 5.45. The maximum absolute atomic E-state index is 9.03. The van der Waals surface area contributed by atoms with Crippen LogP contribution in [0.1, 0.15) is 20.8 Å². The van der Waals surface area contributed by atoms with Crippen molar-refractivity contribution in [3.63, 3.8) is 0 Å². The lowest BCUT2D eigenvalue weighted by Gasteiger charge is -2.32. The van der Waals surface area contributed by atoms with Gasteiger partial charge < -0.3 is 0 Å². The first-order valence-electron chi connectivity index (χ1n) is 4.80. The average Bonchev–Trinajstić information content (AvgIpc) is 2.30. The average molecular weight is 198 g/mol. The predicted octanol–water partition coefficient (Wildman–Crippen LogP) is 1.97. The minimum atomic E-state index is -0.292. The molecular weight excluding hydrogens is 180 g/mol. The standard InChI is InChI=1S/C10H18N2S/c1-9-6-12(4-5-13-7-9)10(2,3)8-11/h9H,4-7H2,1-3H3. The molecule has 1 aliphatic heterocycles. The molecule has 0 aromatic carbocycles. The molecule has 0 N–H and O–H groups in total.